The van der Waals surface area contributed by atoms with Gasteiger partial charge in [-0.25, -0.2) is 4.98 Å². The van der Waals surface area contributed by atoms with Crippen LogP contribution in [0, 0.1) is 0 Å². The second kappa shape index (κ2) is 6.29. The molecule has 1 atom stereocenters. The molecular weight excluding hydrogens is 350 g/mol. The van der Waals surface area contributed by atoms with Crippen LogP contribution in [0.25, 0.3) is 10.2 Å². The molecule has 0 amide bonds. The van der Waals surface area contributed by atoms with E-state index in [4.69, 9.17) is 4.98 Å². The van der Waals surface area contributed by atoms with Gasteiger partial charge in [0.25, 0.3) is 0 Å². The van der Waals surface area contributed by atoms with Crippen molar-refractivity contribution in [3.63, 3.8) is 0 Å². The predicted octanol–water partition coefficient (Wildman–Crippen LogP) is 5.70. The molecule has 0 aliphatic rings. The minimum absolute atomic E-state index is 0.318. The first kappa shape index (κ1) is 14.1. The van der Waals surface area contributed by atoms with E-state index in [1.807, 2.05) is 6.07 Å². The maximum atomic E-state index is 4.70. The highest BCUT2D eigenvalue weighted by atomic mass is 79.9. The molecule has 2 aromatic carbocycles. The van der Waals surface area contributed by atoms with Crippen LogP contribution in [0.2, 0.25) is 0 Å². The number of thioether (sulfide) groups is 1. The fraction of sp³-hybridized carbons (Fsp3) is 0.188. The quantitative estimate of drug-likeness (QED) is 0.435. The van der Waals surface area contributed by atoms with Crippen LogP contribution < -0.4 is 0 Å². The molecule has 1 heterocycles. The van der Waals surface area contributed by atoms with Gasteiger partial charge in [0.15, 0.2) is 0 Å². The smallest absolute Gasteiger partial charge is 0.0953 e. The van der Waals surface area contributed by atoms with Gasteiger partial charge in [0, 0.05) is 16.1 Å². The van der Waals surface area contributed by atoms with E-state index in [-0.39, 0.29) is 0 Å². The molecule has 3 aromatic rings. The molecule has 1 nitrogen and oxygen atoms in total. The third-order valence-electron chi connectivity index (χ3n) is 3.17. The van der Waals surface area contributed by atoms with Gasteiger partial charge >= 0.3 is 0 Å². The molecular formula is C16H14BrNS2. The Bertz CT molecular complexity index is 673. The minimum Gasteiger partial charge on any atom is -0.241 e. The molecule has 20 heavy (non-hydrogen) atoms. The number of nitrogens with zero attached hydrogens (tertiary/aromatic N) is 1. The van der Waals surface area contributed by atoms with Crippen molar-refractivity contribution in [2.75, 3.05) is 6.26 Å². The van der Waals surface area contributed by atoms with E-state index in [1.54, 1.807) is 23.1 Å². The lowest BCUT2D eigenvalue weighted by atomic mass is 10.1. The van der Waals surface area contributed by atoms with Gasteiger partial charge in [0.05, 0.1) is 15.2 Å². The summed E-state index contributed by atoms with van der Waals surface area (Å²) in [6.07, 6.45) is 3.03. The average molecular weight is 364 g/mol. The molecule has 4 heteroatoms. The third-order valence-corrected chi connectivity index (χ3v) is 5.82. The van der Waals surface area contributed by atoms with Crippen molar-refractivity contribution in [1.82, 2.24) is 4.98 Å². The number of halogens is 1. The van der Waals surface area contributed by atoms with Gasteiger partial charge in [-0.1, -0.05) is 40.2 Å². The van der Waals surface area contributed by atoms with E-state index < -0.39 is 0 Å². The van der Waals surface area contributed by atoms with Crippen molar-refractivity contribution < 1.29 is 0 Å². The Kier molecular flexibility index (Phi) is 4.44. The van der Waals surface area contributed by atoms with Gasteiger partial charge in [-0.05, 0) is 36.1 Å². The second-order valence-corrected chi connectivity index (χ2v) is 7.62. The summed E-state index contributed by atoms with van der Waals surface area (Å²) in [4.78, 5) is 6.31. The fourth-order valence-corrected chi connectivity index (χ4v) is 4.34. The molecule has 1 aromatic heterocycles. The lowest BCUT2D eigenvalue weighted by Crippen LogP contribution is -1.94. The van der Waals surface area contributed by atoms with Gasteiger partial charge in [-0.3, -0.25) is 0 Å². The van der Waals surface area contributed by atoms with Crippen molar-refractivity contribution in [3.8, 4) is 0 Å². The summed E-state index contributed by atoms with van der Waals surface area (Å²) < 4.78 is 1.26. The van der Waals surface area contributed by atoms with Crippen LogP contribution in [-0.4, -0.2) is 11.2 Å². The molecule has 0 radical (unpaired) electrons. The number of rotatable bonds is 4. The zero-order valence-corrected chi connectivity index (χ0v) is 14.3. The Labute approximate surface area is 135 Å². The van der Waals surface area contributed by atoms with Crippen LogP contribution in [0.1, 0.15) is 15.4 Å². The lowest BCUT2D eigenvalue weighted by Gasteiger charge is -2.08. The number of hydrogen-bond acceptors (Lipinski definition) is 3. The predicted molar refractivity (Wildman–Crippen MR) is 93.2 cm³/mol. The summed E-state index contributed by atoms with van der Waals surface area (Å²) in [5.74, 6) is 0. The molecule has 0 fully saturated rings. The Balaban J connectivity index is 1.78. The van der Waals surface area contributed by atoms with Crippen molar-refractivity contribution in [1.29, 1.82) is 0 Å². The molecule has 3 rings (SSSR count). The first-order chi connectivity index (χ1) is 9.76. The number of fused-ring (bicyclic) bond motifs is 1. The second-order valence-electron chi connectivity index (χ2n) is 4.52. The van der Waals surface area contributed by atoms with E-state index in [0.29, 0.717) is 4.83 Å². The zero-order valence-electron chi connectivity index (χ0n) is 11.0. The Hall–Kier alpha value is -0.840. The van der Waals surface area contributed by atoms with Crippen LogP contribution in [0.15, 0.2) is 53.4 Å². The van der Waals surface area contributed by atoms with Crippen LogP contribution in [-0.2, 0) is 6.42 Å². The number of para-hydroxylation sites is 1. The molecule has 0 N–H and O–H groups in total. The molecule has 0 saturated heterocycles. The van der Waals surface area contributed by atoms with Gasteiger partial charge in [0.1, 0.15) is 0 Å². The first-order valence-electron chi connectivity index (χ1n) is 6.39. The SMILES string of the molecule is CSc1ccc(C(Br)Cc2nc3ccccc3s2)cc1. The van der Waals surface area contributed by atoms with Crippen LogP contribution in [0.3, 0.4) is 0 Å². The van der Waals surface area contributed by atoms with Crippen LogP contribution in [0.5, 0.6) is 0 Å². The van der Waals surface area contributed by atoms with Crippen molar-refractivity contribution >= 4 is 49.2 Å². The van der Waals surface area contributed by atoms with E-state index in [9.17, 15) is 0 Å². The average Bonchev–Trinajstić information content (AvgIpc) is 2.89. The number of aromatic nitrogens is 1. The summed E-state index contributed by atoms with van der Waals surface area (Å²) >= 11 is 7.34. The highest BCUT2D eigenvalue weighted by Gasteiger charge is 2.12. The molecule has 0 spiro atoms. The molecule has 0 saturated carbocycles. The van der Waals surface area contributed by atoms with E-state index in [1.165, 1.54) is 20.2 Å². The zero-order chi connectivity index (χ0) is 13.9. The summed E-state index contributed by atoms with van der Waals surface area (Å²) in [7, 11) is 0. The topological polar surface area (TPSA) is 12.9 Å². The molecule has 0 aliphatic heterocycles. The van der Waals surface area contributed by atoms with Gasteiger partial charge in [0.2, 0.25) is 0 Å². The van der Waals surface area contributed by atoms with Crippen molar-refractivity contribution in [2.45, 2.75) is 16.1 Å². The number of hydrogen-bond donors (Lipinski definition) is 0. The Morgan fingerprint density at radius 2 is 1.90 bits per heavy atom. The Morgan fingerprint density at radius 1 is 1.15 bits per heavy atom. The molecule has 102 valence electrons. The molecule has 1 unspecified atom stereocenters. The van der Waals surface area contributed by atoms with Crippen molar-refractivity contribution in [3.05, 3.63) is 59.1 Å². The van der Waals surface area contributed by atoms with Crippen molar-refractivity contribution in [2.24, 2.45) is 0 Å². The van der Waals surface area contributed by atoms with Gasteiger partial charge in [-0.2, -0.15) is 0 Å². The largest absolute Gasteiger partial charge is 0.241 e. The number of alkyl halides is 1. The summed E-state index contributed by atoms with van der Waals surface area (Å²) in [5.41, 5.74) is 2.41. The lowest BCUT2D eigenvalue weighted by molar-refractivity contribution is 0.936. The Morgan fingerprint density at radius 3 is 2.60 bits per heavy atom. The fourth-order valence-electron chi connectivity index (χ4n) is 2.09. The van der Waals surface area contributed by atoms with E-state index >= 15 is 0 Å². The molecule has 0 aliphatic carbocycles. The monoisotopic (exact) mass is 363 g/mol. The number of benzene rings is 2. The summed E-state index contributed by atoms with van der Waals surface area (Å²) in [5, 5.41) is 1.18. The van der Waals surface area contributed by atoms with E-state index in [0.717, 1.165) is 11.9 Å². The van der Waals surface area contributed by atoms with Crippen LogP contribution in [0.4, 0.5) is 0 Å². The maximum absolute atomic E-state index is 4.70. The minimum atomic E-state index is 0.318. The van der Waals surface area contributed by atoms with Crippen LogP contribution >= 0.6 is 39.0 Å². The highest BCUT2D eigenvalue weighted by Crippen LogP contribution is 2.31. The third kappa shape index (κ3) is 3.08. The normalized spacial score (nSPS) is 12.7. The van der Waals surface area contributed by atoms with E-state index in [2.05, 4.69) is 64.7 Å². The molecule has 0 bridgehead atoms. The summed E-state index contributed by atoms with van der Waals surface area (Å²) in [6, 6.07) is 17.0. The maximum Gasteiger partial charge on any atom is 0.0953 e. The highest BCUT2D eigenvalue weighted by molar-refractivity contribution is 9.09. The standard InChI is InChI=1S/C16H14BrNS2/c1-19-12-8-6-11(7-9-12)13(17)10-16-18-14-4-2-3-5-15(14)20-16/h2-9,13H,10H2,1H3. The summed E-state index contributed by atoms with van der Waals surface area (Å²) in [6.45, 7) is 0. The van der Waals surface area contributed by atoms with Gasteiger partial charge < -0.3 is 0 Å². The number of thiazole rings is 1. The first-order valence-corrected chi connectivity index (χ1v) is 9.34. The van der Waals surface area contributed by atoms with Gasteiger partial charge in [-0.15, -0.1) is 23.1 Å².